The maximum absolute atomic E-state index is 12.8. The molecule has 1 aliphatic heterocycles. The second-order valence-corrected chi connectivity index (χ2v) is 10.2. The summed E-state index contributed by atoms with van der Waals surface area (Å²) in [6.45, 7) is 6.05. The zero-order chi connectivity index (χ0) is 31.4. The van der Waals surface area contributed by atoms with E-state index >= 15 is 0 Å². The molecular weight excluding hydrogens is 566 g/mol. The summed E-state index contributed by atoms with van der Waals surface area (Å²) in [5.74, 6) is -1.54. The van der Waals surface area contributed by atoms with Crippen LogP contribution in [0, 0.1) is 0 Å². The molecule has 224 valence electrons. The van der Waals surface area contributed by atoms with Gasteiger partial charge in [-0.1, -0.05) is 25.6 Å². The summed E-state index contributed by atoms with van der Waals surface area (Å²) < 4.78 is 21.2. The van der Waals surface area contributed by atoms with Crippen LogP contribution in [-0.2, 0) is 28.7 Å². The van der Waals surface area contributed by atoms with Gasteiger partial charge in [-0.05, 0) is 70.8 Å². The van der Waals surface area contributed by atoms with Crippen molar-refractivity contribution in [1.82, 2.24) is 0 Å². The van der Waals surface area contributed by atoms with Gasteiger partial charge in [-0.15, -0.1) is 0 Å². The predicted octanol–water partition coefficient (Wildman–Crippen LogP) is 4.90. The molecular formula is C34H29NO9. The molecule has 5 rings (SSSR count). The second-order valence-electron chi connectivity index (χ2n) is 10.2. The Bertz CT molecular complexity index is 1690. The summed E-state index contributed by atoms with van der Waals surface area (Å²) in [4.78, 5) is 60.8. The van der Waals surface area contributed by atoms with Crippen LogP contribution in [-0.4, -0.2) is 50.0 Å². The number of ether oxygens (including phenoxy) is 4. The Kier molecular flexibility index (Phi) is 8.71. The van der Waals surface area contributed by atoms with Gasteiger partial charge in [0.1, 0.15) is 11.5 Å². The molecule has 10 heteroatoms. The number of anilines is 1. The van der Waals surface area contributed by atoms with E-state index in [0.717, 1.165) is 27.2 Å². The average Bonchev–Trinajstić information content (AvgIpc) is 3.50. The summed E-state index contributed by atoms with van der Waals surface area (Å²) in [5.41, 5.74) is 4.86. The minimum absolute atomic E-state index is 0.0207. The van der Waals surface area contributed by atoms with E-state index in [0.29, 0.717) is 30.2 Å². The van der Waals surface area contributed by atoms with Gasteiger partial charge in [-0.2, -0.15) is 0 Å². The molecule has 0 fully saturated rings. The molecule has 3 aromatic rings. The van der Waals surface area contributed by atoms with Gasteiger partial charge in [0, 0.05) is 30.1 Å². The number of nitrogens with zero attached hydrogens (tertiary/aromatic N) is 1. The van der Waals surface area contributed by atoms with Gasteiger partial charge >= 0.3 is 17.9 Å². The Morgan fingerprint density at radius 3 is 2.09 bits per heavy atom. The van der Waals surface area contributed by atoms with Crippen LogP contribution in [0.4, 0.5) is 5.69 Å². The molecule has 3 aromatic carbocycles. The van der Waals surface area contributed by atoms with Crippen LogP contribution in [0.5, 0.6) is 11.5 Å². The molecule has 1 aliphatic carbocycles. The number of amides is 2. The molecule has 1 unspecified atom stereocenters. The van der Waals surface area contributed by atoms with Gasteiger partial charge in [-0.25, -0.2) is 14.5 Å². The fraction of sp³-hybridized carbons (Fsp3) is 0.206. The quantitative estimate of drug-likeness (QED) is 0.100. The van der Waals surface area contributed by atoms with Crippen LogP contribution < -0.4 is 14.4 Å². The molecule has 44 heavy (non-hydrogen) atoms. The normalized spacial score (nSPS) is 14.6. The highest BCUT2D eigenvalue weighted by Crippen LogP contribution is 2.47. The number of rotatable bonds is 11. The van der Waals surface area contributed by atoms with Crippen molar-refractivity contribution in [2.24, 2.45) is 0 Å². The maximum atomic E-state index is 12.8. The molecule has 2 aliphatic rings. The molecule has 2 amide bonds. The molecule has 0 saturated heterocycles. The highest BCUT2D eigenvalue weighted by atomic mass is 16.5. The van der Waals surface area contributed by atoms with E-state index in [4.69, 9.17) is 14.2 Å². The lowest BCUT2D eigenvalue weighted by Crippen LogP contribution is -2.29. The van der Waals surface area contributed by atoms with Crippen LogP contribution in [0.25, 0.3) is 11.1 Å². The molecule has 0 radical (unpaired) electrons. The number of imide groups is 1. The number of esters is 3. The first kappa shape index (κ1) is 30.0. The van der Waals surface area contributed by atoms with E-state index in [-0.39, 0.29) is 30.1 Å². The Morgan fingerprint density at radius 1 is 0.841 bits per heavy atom. The standard InChI is InChI=1S/C34H29NO9/c1-20(17-32(38)41-3)33(39)43-16-4-15-42-24-9-11-26-27-12-10-25(19-29(27)21(2)28(26)18-24)44-34(40)22-5-7-23(8-6-22)35-30(36)13-14-31(35)37/h5-14,18-19,21H,1,4,15-17H2,2-3H3. The third-order valence-electron chi connectivity index (χ3n) is 7.31. The Hall–Kier alpha value is -5.51. The van der Waals surface area contributed by atoms with Crippen molar-refractivity contribution in [3.63, 3.8) is 0 Å². The predicted molar refractivity (Wildman–Crippen MR) is 159 cm³/mol. The van der Waals surface area contributed by atoms with E-state index in [1.165, 1.54) is 43.5 Å². The van der Waals surface area contributed by atoms with Gasteiger partial charge in [-0.3, -0.25) is 14.4 Å². The first-order valence-electron chi connectivity index (χ1n) is 13.9. The van der Waals surface area contributed by atoms with Crippen molar-refractivity contribution in [2.45, 2.75) is 25.7 Å². The van der Waals surface area contributed by atoms with Crippen molar-refractivity contribution in [2.75, 3.05) is 25.2 Å². The zero-order valence-electron chi connectivity index (χ0n) is 24.2. The maximum Gasteiger partial charge on any atom is 0.343 e. The summed E-state index contributed by atoms with van der Waals surface area (Å²) in [6.07, 6.45) is 2.63. The van der Waals surface area contributed by atoms with Crippen LogP contribution in [0.2, 0.25) is 0 Å². The highest BCUT2D eigenvalue weighted by Gasteiger charge is 2.28. The summed E-state index contributed by atoms with van der Waals surface area (Å²) in [6, 6.07) is 17.4. The smallest absolute Gasteiger partial charge is 0.343 e. The third-order valence-corrected chi connectivity index (χ3v) is 7.31. The average molecular weight is 596 g/mol. The Morgan fingerprint density at radius 2 is 1.45 bits per heavy atom. The summed E-state index contributed by atoms with van der Waals surface area (Å²) >= 11 is 0. The van der Waals surface area contributed by atoms with Crippen LogP contribution in [0.15, 0.2) is 85.0 Å². The Labute approximate surface area is 253 Å². The van der Waals surface area contributed by atoms with Gasteiger partial charge in [0.05, 0.1) is 38.0 Å². The summed E-state index contributed by atoms with van der Waals surface area (Å²) in [7, 11) is 1.24. The molecule has 1 atom stereocenters. The van der Waals surface area contributed by atoms with E-state index in [1.54, 1.807) is 6.07 Å². The van der Waals surface area contributed by atoms with Gasteiger partial charge in [0.25, 0.3) is 11.8 Å². The van der Waals surface area contributed by atoms with Crippen molar-refractivity contribution in [3.05, 3.63) is 102 Å². The second kappa shape index (κ2) is 12.8. The first-order chi connectivity index (χ1) is 21.2. The fourth-order valence-corrected chi connectivity index (χ4v) is 5.01. The zero-order valence-corrected chi connectivity index (χ0v) is 24.2. The third kappa shape index (κ3) is 6.29. The topological polar surface area (TPSA) is 126 Å². The van der Waals surface area contributed by atoms with Crippen LogP contribution in [0.3, 0.4) is 0 Å². The van der Waals surface area contributed by atoms with Gasteiger partial charge in [0.2, 0.25) is 0 Å². The van der Waals surface area contributed by atoms with E-state index in [9.17, 15) is 24.0 Å². The summed E-state index contributed by atoms with van der Waals surface area (Å²) in [5, 5.41) is 0. The van der Waals surface area contributed by atoms with E-state index < -0.39 is 29.7 Å². The van der Waals surface area contributed by atoms with Crippen molar-refractivity contribution in [3.8, 4) is 22.6 Å². The number of benzene rings is 3. The number of hydrogen-bond acceptors (Lipinski definition) is 9. The molecule has 1 heterocycles. The lowest BCUT2D eigenvalue weighted by molar-refractivity contribution is -0.144. The number of methoxy groups -OCH3 is 1. The van der Waals surface area contributed by atoms with Crippen molar-refractivity contribution >= 4 is 35.4 Å². The van der Waals surface area contributed by atoms with E-state index in [2.05, 4.69) is 18.2 Å². The minimum Gasteiger partial charge on any atom is -0.493 e. The molecule has 0 spiro atoms. The van der Waals surface area contributed by atoms with Crippen LogP contribution >= 0.6 is 0 Å². The SMILES string of the molecule is C=C(CC(=O)OC)C(=O)OCCCOc1ccc2c(c1)C(C)c1cc(OC(=O)c3ccc(N4C(=O)C=CC4=O)cc3)ccc1-2. The van der Waals surface area contributed by atoms with Crippen molar-refractivity contribution in [1.29, 1.82) is 0 Å². The lowest BCUT2D eigenvalue weighted by Gasteiger charge is -2.14. The number of hydrogen-bond donors (Lipinski definition) is 0. The molecule has 0 saturated carbocycles. The van der Waals surface area contributed by atoms with Gasteiger partial charge in [0.15, 0.2) is 0 Å². The van der Waals surface area contributed by atoms with E-state index in [1.807, 2.05) is 30.3 Å². The monoisotopic (exact) mass is 595 g/mol. The minimum atomic E-state index is -0.645. The molecule has 10 nitrogen and oxygen atoms in total. The van der Waals surface area contributed by atoms with Crippen LogP contribution in [0.1, 0.15) is 47.2 Å². The first-order valence-corrected chi connectivity index (χ1v) is 13.9. The molecule has 0 N–H and O–H groups in total. The number of fused-ring (bicyclic) bond motifs is 3. The number of carbonyl (C=O) groups excluding carboxylic acids is 5. The Balaban J connectivity index is 1.15. The van der Waals surface area contributed by atoms with Gasteiger partial charge < -0.3 is 18.9 Å². The number of carbonyl (C=O) groups is 5. The molecule has 0 bridgehead atoms. The highest BCUT2D eigenvalue weighted by molar-refractivity contribution is 6.28. The van der Waals surface area contributed by atoms with Crippen molar-refractivity contribution < 1.29 is 42.9 Å². The lowest BCUT2D eigenvalue weighted by atomic mass is 9.99. The fourth-order valence-electron chi connectivity index (χ4n) is 5.01. The largest absolute Gasteiger partial charge is 0.493 e. The molecule has 0 aromatic heterocycles.